The Kier molecular flexibility index (Phi) is 3.91. The van der Waals surface area contributed by atoms with Crippen LogP contribution in [0.2, 0.25) is 0 Å². The molecule has 0 radical (unpaired) electrons. The lowest BCUT2D eigenvalue weighted by molar-refractivity contribution is 0.452. The molecule has 0 aliphatic rings. The fourth-order valence-electron chi connectivity index (χ4n) is 2.37. The van der Waals surface area contributed by atoms with Crippen LogP contribution in [-0.4, -0.2) is 24.9 Å². The van der Waals surface area contributed by atoms with Crippen LogP contribution >= 0.6 is 0 Å². The standard InChI is InChI=1S/C17H13FN6O/c18-12-4-1-5-13(7-12)25-17-11(3-2-6-19-17)8-20-15-14-16(22-9-21-14)24-10-23-15/h1-7,9-10H,8H2,(H2,20,21,22,23,24). The fourth-order valence-corrected chi connectivity index (χ4v) is 2.37. The molecule has 0 aliphatic heterocycles. The number of hydrogen-bond acceptors (Lipinski definition) is 6. The zero-order chi connectivity index (χ0) is 17.1. The summed E-state index contributed by atoms with van der Waals surface area (Å²) in [6.07, 6.45) is 4.63. The molecule has 0 atom stereocenters. The third-order valence-electron chi connectivity index (χ3n) is 3.53. The number of imidazole rings is 1. The van der Waals surface area contributed by atoms with E-state index in [1.165, 1.54) is 18.5 Å². The molecule has 25 heavy (non-hydrogen) atoms. The Labute approximate surface area is 142 Å². The minimum atomic E-state index is -0.365. The second kappa shape index (κ2) is 6.52. The van der Waals surface area contributed by atoms with Gasteiger partial charge in [-0.3, -0.25) is 0 Å². The minimum Gasteiger partial charge on any atom is -0.439 e. The van der Waals surface area contributed by atoms with Crippen molar-refractivity contribution in [3.63, 3.8) is 0 Å². The van der Waals surface area contributed by atoms with Crippen molar-refractivity contribution in [3.8, 4) is 11.6 Å². The van der Waals surface area contributed by atoms with Gasteiger partial charge in [-0.2, -0.15) is 0 Å². The van der Waals surface area contributed by atoms with Gasteiger partial charge in [-0.1, -0.05) is 12.1 Å². The van der Waals surface area contributed by atoms with Crippen LogP contribution in [0.1, 0.15) is 5.56 Å². The average Bonchev–Trinajstić information content (AvgIpc) is 3.10. The lowest BCUT2D eigenvalue weighted by Crippen LogP contribution is -2.05. The van der Waals surface area contributed by atoms with Gasteiger partial charge in [0.1, 0.15) is 23.4 Å². The highest BCUT2D eigenvalue weighted by Crippen LogP contribution is 2.24. The van der Waals surface area contributed by atoms with Crippen molar-refractivity contribution in [1.82, 2.24) is 24.9 Å². The Morgan fingerprint density at radius 3 is 2.96 bits per heavy atom. The molecule has 3 aromatic heterocycles. The van der Waals surface area contributed by atoms with Gasteiger partial charge in [0, 0.05) is 24.4 Å². The molecule has 0 saturated heterocycles. The highest BCUT2D eigenvalue weighted by molar-refractivity contribution is 5.81. The third kappa shape index (κ3) is 3.23. The summed E-state index contributed by atoms with van der Waals surface area (Å²) in [6, 6.07) is 9.61. The molecule has 4 rings (SSSR count). The van der Waals surface area contributed by atoms with Gasteiger partial charge >= 0.3 is 0 Å². The molecule has 1 aromatic carbocycles. The predicted octanol–water partition coefficient (Wildman–Crippen LogP) is 3.29. The smallest absolute Gasteiger partial charge is 0.224 e. The molecule has 8 heteroatoms. The van der Waals surface area contributed by atoms with Crippen LogP contribution in [0.4, 0.5) is 10.2 Å². The van der Waals surface area contributed by atoms with Crippen LogP contribution in [0.3, 0.4) is 0 Å². The number of aromatic nitrogens is 5. The summed E-state index contributed by atoms with van der Waals surface area (Å²) in [6.45, 7) is 0.420. The van der Waals surface area contributed by atoms with E-state index in [1.807, 2.05) is 6.07 Å². The number of hydrogen-bond donors (Lipinski definition) is 2. The zero-order valence-corrected chi connectivity index (χ0v) is 13.0. The molecular weight excluding hydrogens is 323 g/mol. The number of fused-ring (bicyclic) bond motifs is 1. The predicted molar refractivity (Wildman–Crippen MR) is 89.7 cm³/mol. The maximum Gasteiger partial charge on any atom is 0.224 e. The second-order valence-electron chi connectivity index (χ2n) is 5.20. The normalized spacial score (nSPS) is 10.8. The Bertz CT molecular complexity index is 1020. The molecule has 4 aromatic rings. The van der Waals surface area contributed by atoms with E-state index < -0.39 is 0 Å². The lowest BCUT2D eigenvalue weighted by Gasteiger charge is -2.11. The Balaban J connectivity index is 1.56. The molecule has 0 bridgehead atoms. The first-order chi connectivity index (χ1) is 12.3. The number of anilines is 1. The molecule has 0 spiro atoms. The molecular formula is C17H13FN6O. The Morgan fingerprint density at radius 1 is 1.08 bits per heavy atom. The van der Waals surface area contributed by atoms with Crippen LogP contribution in [0.15, 0.2) is 55.2 Å². The second-order valence-corrected chi connectivity index (χ2v) is 5.20. The number of nitrogens with zero attached hydrogens (tertiary/aromatic N) is 4. The fraction of sp³-hybridized carbons (Fsp3) is 0.0588. The van der Waals surface area contributed by atoms with Gasteiger partial charge in [-0.25, -0.2) is 24.3 Å². The number of H-pyrrole nitrogens is 1. The van der Waals surface area contributed by atoms with Crippen molar-refractivity contribution in [2.24, 2.45) is 0 Å². The Morgan fingerprint density at radius 2 is 2.04 bits per heavy atom. The van der Waals surface area contributed by atoms with E-state index in [-0.39, 0.29) is 5.82 Å². The summed E-state index contributed by atoms with van der Waals surface area (Å²) in [5.74, 6) is 1.05. The first kappa shape index (κ1) is 15.0. The molecule has 0 aliphatic carbocycles. The first-order valence-corrected chi connectivity index (χ1v) is 7.55. The van der Waals surface area contributed by atoms with Gasteiger partial charge in [0.15, 0.2) is 11.5 Å². The van der Waals surface area contributed by atoms with Crippen LogP contribution in [0, 0.1) is 5.82 Å². The minimum absolute atomic E-state index is 0.365. The van der Waals surface area contributed by atoms with Crippen LogP contribution in [0.5, 0.6) is 11.6 Å². The number of benzene rings is 1. The van der Waals surface area contributed by atoms with Crippen molar-refractivity contribution in [2.45, 2.75) is 6.54 Å². The first-order valence-electron chi connectivity index (χ1n) is 7.55. The largest absolute Gasteiger partial charge is 0.439 e. The van der Waals surface area contributed by atoms with Crippen molar-refractivity contribution < 1.29 is 9.13 Å². The number of nitrogens with one attached hydrogen (secondary N) is 2. The summed E-state index contributed by atoms with van der Waals surface area (Å²) in [7, 11) is 0. The van der Waals surface area contributed by atoms with Gasteiger partial charge in [0.25, 0.3) is 0 Å². The molecule has 124 valence electrons. The zero-order valence-electron chi connectivity index (χ0n) is 13.0. The van der Waals surface area contributed by atoms with E-state index in [1.54, 1.807) is 30.7 Å². The number of rotatable bonds is 5. The van der Waals surface area contributed by atoms with Gasteiger partial charge in [0.2, 0.25) is 5.88 Å². The number of pyridine rings is 1. The van der Waals surface area contributed by atoms with Crippen molar-refractivity contribution in [1.29, 1.82) is 0 Å². The van der Waals surface area contributed by atoms with Gasteiger partial charge in [0.05, 0.1) is 6.33 Å². The molecule has 2 N–H and O–H groups in total. The number of halogens is 1. The average molecular weight is 336 g/mol. The van der Waals surface area contributed by atoms with E-state index in [9.17, 15) is 4.39 Å². The van der Waals surface area contributed by atoms with Gasteiger partial charge in [-0.15, -0.1) is 0 Å². The van der Waals surface area contributed by atoms with Crippen molar-refractivity contribution in [2.75, 3.05) is 5.32 Å². The Hall–Kier alpha value is -3.55. The molecule has 0 fully saturated rings. The number of ether oxygens (including phenoxy) is 1. The summed E-state index contributed by atoms with van der Waals surface area (Å²) < 4.78 is 19.0. The molecule has 0 amide bonds. The van der Waals surface area contributed by atoms with Gasteiger partial charge in [-0.05, 0) is 18.2 Å². The monoisotopic (exact) mass is 336 g/mol. The molecule has 0 unspecified atom stereocenters. The van der Waals surface area contributed by atoms with E-state index in [2.05, 4.69) is 30.2 Å². The van der Waals surface area contributed by atoms with Crippen molar-refractivity contribution in [3.05, 3.63) is 66.6 Å². The van der Waals surface area contributed by atoms with Crippen molar-refractivity contribution >= 4 is 17.0 Å². The SMILES string of the molecule is Fc1cccc(Oc2ncccc2CNc2ncnc3nc[nH]c23)c1. The molecule has 7 nitrogen and oxygen atoms in total. The quantitative estimate of drug-likeness (QED) is 0.581. The van der Waals surface area contributed by atoms with Crippen LogP contribution in [-0.2, 0) is 6.54 Å². The maximum atomic E-state index is 13.3. The van der Waals surface area contributed by atoms with Crippen LogP contribution < -0.4 is 10.1 Å². The number of aromatic amines is 1. The maximum absolute atomic E-state index is 13.3. The highest BCUT2D eigenvalue weighted by Gasteiger charge is 2.09. The summed E-state index contributed by atoms with van der Waals surface area (Å²) in [5.41, 5.74) is 2.11. The summed E-state index contributed by atoms with van der Waals surface area (Å²) in [5, 5.41) is 3.21. The third-order valence-corrected chi connectivity index (χ3v) is 3.53. The van der Waals surface area contributed by atoms with Crippen LogP contribution in [0.25, 0.3) is 11.2 Å². The van der Waals surface area contributed by atoms with E-state index >= 15 is 0 Å². The summed E-state index contributed by atoms with van der Waals surface area (Å²) in [4.78, 5) is 19.6. The lowest BCUT2D eigenvalue weighted by atomic mass is 10.2. The molecule has 0 saturated carbocycles. The van der Waals surface area contributed by atoms with E-state index in [0.717, 1.165) is 11.1 Å². The highest BCUT2D eigenvalue weighted by atomic mass is 19.1. The van der Waals surface area contributed by atoms with E-state index in [4.69, 9.17) is 4.74 Å². The van der Waals surface area contributed by atoms with Gasteiger partial charge < -0.3 is 15.0 Å². The van der Waals surface area contributed by atoms with E-state index in [0.29, 0.717) is 29.6 Å². The molecule has 3 heterocycles. The summed E-state index contributed by atoms with van der Waals surface area (Å²) >= 11 is 0. The topological polar surface area (TPSA) is 88.6 Å².